The third-order valence-electron chi connectivity index (χ3n) is 4.26. The summed E-state index contributed by atoms with van der Waals surface area (Å²) in [6.45, 7) is 17.2. The summed E-state index contributed by atoms with van der Waals surface area (Å²) in [4.78, 5) is 11.5. The van der Waals surface area contributed by atoms with Crippen molar-refractivity contribution in [2.45, 2.75) is 61.3 Å². The van der Waals surface area contributed by atoms with Crippen LogP contribution in [0.1, 0.15) is 64.2 Å². The lowest BCUT2D eigenvalue weighted by Gasteiger charge is -2.17. The number of nitrogens with zero attached hydrogens (tertiary/aromatic N) is 3. The molecular weight excluding hydrogens is 294 g/mol. The maximum Gasteiger partial charge on any atom is 0.0909 e. The molecule has 3 heteroatoms. The standard InChI is InChI=1S/C21H35N3/c1-9-24(8)15-23-20-14-16(2)19(13-17(20)3)18(4)22-12-10-11-21(5,6)7/h13-15H,9-12H2,1-8H3/b22-18+,23-15?. The van der Waals surface area contributed by atoms with Gasteiger partial charge in [-0.1, -0.05) is 20.8 Å². The quantitative estimate of drug-likeness (QED) is 0.366. The molecule has 0 aliphatic rings. The second-order valence-electron chi connectivity index (χ2n) is 7.90. The van der Waals surface area contributed by atoms with E-state index in [-0.39, 0.29) is 0 Å². The molecule has 0 saturated carbocycles. The van der Waals surface area contributed by atoms with Gasteiger partial charge in [0, 0.05) is 25.8 Å². The van der Waals surface area contributed by atoms with Crippen LogP contribution in [0.4, 0.5) is 5.69 Å². The van der Waals surface area contributed by atoms with Crippen LogP contribution in [0, 0.1) is 19.3 Å². The number of hydrogen-bond acceptors (Lipinski definition) is 2. The first-order chi connectivity index (χ1) is 11.1. The van der Waals surface area contributed by atoms with Gasteiger partial charge in [0.05, 0.1) is 12.0 Å². The van der Waals surface area contributed by atoms with E-state index in [0.29, 0.717) is 5.41 Å². The van der Waals surface area contributed by atoms with Gasteiger partial charge >= 0.3 is 0 Å². The normalized spacial score (nSPS) is 12.9. The van der Waals surface area contributed by atoms with Gasteiger partial charge < -0.3 is 4.90 Å². The summed E-state index contributed by atoms with van der Waals surface area (Å²) in [7, 11) is 2.04. The SMILES string of the molecule is CCN(C)C=Nc1cc(C)c(/C(C)=N/CCCC(C)(C)C)cc1C. The van der Waals surface area contributed by atoms with Crippen LogP contribution in [0.2, 0.25) is 0 Å². The van der Waals surface area contributed by atoms with E-state index in [1.54, 1.807) is 0 Å². The minimum atomic E-state index is 0.390. The highest BCUT2D eigenvalue weighted by atomic mass is 15.1. The lowest BCUT2D eigenvalue weighted by atomic mass is 9.91. The molecule has 24 heavy (non-hydrogen) atoms. The summed E-state index contributed by atoms with van der Waals surface area (Å²) in [5.41, 5.74) is 6.24. The largest absolute Gasteiger partial charge is 0.366 e. The van der Waals surface area contributed by atoms with E-state index in [2.05, 4.69) is 70.5 Å². The molecule has 134 valence electrons. The average Bonchev–Trinajstić information content (AvgIpc) is 2.50. The molecule has 0 saturated heterocycles. The van der Waals surface area contributed by atoms with Crippen LogP contribution in [0.5, 0.6) is 0 Å². The lowest BCUT2D eigenvalue weighted by Crippen LogP contribution is -2.14. The van der Waals surface area contributed by atoms with E-state index in [1.807, 2.05) is 13.4 Å². The topological polar surface area (TPSA) is 28.0 Å². The zero-order valence-corrected chi connectivity index (χ0v) is 16.9. The van der Waals surface area contributed by atoms with Gasteiger partial charge in [-0.05, 0) is 74.8 Å². The number of hydrogen-bond donors (Lipinski definition) is 0. The number of aliphatic imine (C=N–C) groups is 2. The Morgan fingerprint density at radius 1 is 1.17 bits per heavy atom. The van der Waals surface area contributed by atoms with Gasteiger partial charge in [-0.2, -0.15) is 0 Å². The molecule has 0 atom stereocenters. The van der Waals surface area contributed by atoms with E-state index in [0.717, 1.165) is 30.9 Å². The van der Waals surface area contributed by atoms with Gasteiger partial charge in [0.25, 0.3) is 0 Å². The molecular formula is C21H35N3. The summed E-state index contributed by atoms with van der Waals surface area (Å²) in [6, 6.07) is 4.38. The van der Waals surface area contributed by atoms with Crippen LogP contribution in [0.25, 0.3) is 0 Å². The second-order valence-corrected chi connectivity index (χ2v) is 7.90. The summed E-state index contributed by atoms with van der Waals surface area (Å²) >= 11 is 0. The Morgan fingerprint density at radius 2 is 1.83 bits per heavy atom. The summed E-state index contributed by atoms with van der Waals surface area (Å²) < 4.78 is 0. The fraction of sp³-hybridized carbons (Fsp3) is 0.619. The molecule has 0 fully saturated rings. The van der Waals surface area contributed by atoms with Crippen molar-refractivity contribution in [2.24, 2.45) is 15.4 Å². The monoisotopic (exact) mass is 329 g/mol. The summed E-state index contributed by atoms with van der Waals surface area (Å²) in [5, 5.41) is 0. The van der Waals surface area contributed by atoms with Crippen LogP contribution in [0.15, 0.2) is 22.1 Å². The van der Waals surface area contributed by atoms with Gasteiger partial charge in [0.1, 0.15) is 0 Å². The highest BCUT2D eigenvalue weighted by molar-refractivity contribution is 6.00. The fourth-order valence-electron chi connectivity index (χ4n) is 2.51. The van der Waals surface area contributed by atoms with Crippen LogP contribution in [-0.4, -0.2) is 37.1 Å². The molecule has 3 nitrogen and oxygen atoms in total. The summed E-state index contributed by atoms with van der Waals surface area (Å²) in [5.74, 6) is 0. The van der Waals surface area contributed by atoms with Gasteiger partial charge in [0.15, 0.2) is 0 Å². The first kappa shape index (κ1) is 20.4. The maximum atomic E-state index is 4.79. The highest BCUT2D eigenvalue weighted by Gasteiger charge is 2.09. The van der Waals surface area contributed by atoms with Crippen molar-refractivity contribution in [2.75, 3.05) is 20.1 Å². The predicted molar refractivity (Wildman–Crippen MR) is 108 cm³/mol. The molecule has 0 amide bonds. The van der Waals surface area contributed by atoms with Crippen molar-refractivity contribution in [1.29, 1.82) is 0 Å². The van der Waals surface area contributed by atoms with Crippen molar-refractivity contribution < 1.29 is 0 Å². The maximum absolute atomic E-state index is 4.79. The first-order valence-corrected chi connectivity index (χ1v) is 9.01. The lowest BCUT2D eigenvalue weighted by molar-refractivity contribution is 0.368. The zero-order valence-electron chi connectivity index (χ0n) is 16.9. The van der Waals surface area contributed by atoms with E-state index < -0.39 is 0 Å². The Hall–Kier alpha value is -1.64. The first-order valence-electron chi connectivity index (χ1n) is 9.01. The van der Waals surface area contributed by atoms with E-state index in [9.17, 15) is 0 Å². The molecule has 0 N–H and O–H groups in total. The Bertz CT molecular complexity index is 592. The van der Waals surface area contributed by atoms with Crippen molar-refractivity contribution in [3.8, 4) is 0 Å². The third kappa shape index (κ3) is 6.86. The van der Waals surface area contributed by atoms with E-state index in [4.69, 9.17) is 4.99 Å². The van der Waals surface area contributed by atoms with Crippen molar-refractivity contribution in [1.82, 2.24) is 4.90 Å². The van der Waals surface area contributed by atoms with Crippen LogP contribution < -0.4 is 0 Å². The molecule has 0 heterocycles. The molecule has 1 aromatic carbocycles. The summed E-state index contributed by atoms with van der Waals surface area (Å²) in [6.07, 6.45) is 4.25. The Balaban J connectivity index is 2.85. The minimum Gasteiger partial charge on any atom is -0.366 e. The Kier molecular flexibility index (Phi) is 7.65. The Morgan fingerprint density at radius 3 is 2.42 bits per heavy atom. The molecule has 1 aromatic rings. The van der Waals surface area contributed by atoms with Gasteiger partial charge in [-0.15, -0.1) is 0 Å². The molecule has 0 spiro atoms. The van der Waals surface area contributed by atoms with Crippen molar-refractivity contribution in [3.05, 3.63) is 28.8 Å². The van der Waals surface area contributed by atoms with Crippen molar-refractivity contribution in [3.63, 3.8) is 0 Å². The zero-order chi connectivity index (χ0) is 18.3. The molecule has 0 aromatic heterocycles. The predicted octanol–water partition coefficient (Wildman–Crippen LogP) is 5.55. The van der Waals surface area contributed by atoms with Crippen molar-refractivity contribution >= 4 is 17.7 Å². The minimum absolute atomic E-state index is 0.390. The Labute approximate surface area is 148 Å². The highest BCUT2D eigenvalue weighted by Crippen LogP contribution is 2.24. The number of rotatable bonds is 7. The third-order valence-corrected chi connectivity index (χ3v) is 4.26. The molecule has 0 aliphatic carbocycles. The second kappa shape index (κ2) is 9.00. The molecule has 0 radical (unpaired) electrons. The molecule has 0 bridgehead atoms. The fourth-order valence-corrected chi connectivity index (χ4v) is 2.51. The van der Waals surface area contributed by atoms with E-state index >= 15 is 0 Å². The van der Waals surface area contributed by atoms with Gasteiger partial charge in [-0.3, -0.25) is 4.99 Å². The van der Waals surface area contributed by atoms with E-state index in [1.165, 1.54) is 23.1 Å². The number of benzene rings is 1. The average molecular weight is 330 g/mol. The van der Waals surface area contributed by atoms with Crippen LogP contribution in [-0.2, 0) is 0 Å². The van der Waals surface area contributed by atoms with Crippen LogP contribution >= 0.6 is 0 Å². The molecule has 0 unspecified atom stereocenters. The van der Waals surface area contributed by atoms with Gasteiger partial charge in [0.2, 0.25) is 0 Å². The molecule has 1 rings (SSSR count). The smallest absolute Gasteiger partial charge is 0.0909 e. The number of aryl methyl sites for hydroxylation is 2. The van der Waals surface area contributed by atoms with Gasteiger partial charge in [-0.25, -0.2) is 4.99 Å². The molecule has 0 aliphatic heterocycles. The van der Waals surface area contributed by atoms with Crippen LogP contribution in [0.3, 0.4) is 0 Å².